The number of halogens is 1. The summed E-state index contributed by atoms with van der Waals surface area (Å²) in [5, 5.41) is 5.20. The van der Waals surface area contributed by atoms with Crippen LogP contribution in [-0.2, 0) is 16.1 Å². The van der Waals surface area contributed by atoms with Gasteiger partial charge >= 0.3 is 5.97 Å². The predicted octanol–water partition coefficient (Wildman–Crippen LogP) is 3.14. The number of nitrogens with zero attached hydrogens (tertiary/aromatic N) is 2. The normalized spacial score (nSPS) is 11.8. The van der Waals surface area contributed by atoms with Crippen LogP contribution >= 0.6 is 15.9 Å². The summed E-state index contributed by atoms with van der Waals surface area (Å²) in [6, 6.07) is 5.84. The van der Waals surface area contributed by atoms with E-state index in [1.807, 2.05) is 39.0 Å². The van der Waals surface area contributed by atoms with E-state index in [0.717, 1.165) is 15.4 Å². The molecule has 1 aromatic carbocycles. The lowest BCUT2D eigenvalue weighted by Crippen LogP contribution is -2.26. The Morgan fingerprint density at radius 3 is 2.83 bits per heavy atom. The molecule has 0 unspecified atom stereocenters. The second kappa shape index (κ2) is 4.72. The van der Waals surface area contributed by atoms with Crippen molar-refractivity contribution in [1.82, 2.24) is 9.78 Å². The van der Waals surface area contributed by atoms with Crippen LogP contribution in [0.5, 0.6) is 0 Å². The molecule has 2 aromatic rings. The number of carbonyl (C=O) groups excluding carboxylic acids is 1. The molecule has 0 N–H and O–H groups in total. The molecule has 0 amide bonds. The van der Waals surface area contributed by atoms with Gasteiger partial charge in [-0.25, -0.2) is 0 Å². The van der Waals surface area contributed by atoms with Gasteiger partial charge in [-0.1, -0.05) is 22.0 Å². The topological polar surface area (TPSA) is 44.1 Å². The lowest BCUT2D eigenvalue weighted by atomic mass is 10.2. The zero-order valence-electron chi connectivity index (χ0n) is 10.6. The largest absolute Gasteiger partial charge is 0.459 e. The van der Waals surface area contributed by atoms with Crippen LogP contribution in [0.4, 0.5) is 0 Å². The van der Waals surface area contributed by atoms with E-state index in [1.54, 1.807) is 10.9 Å². The molecule has 0 fully saturated rings. The number of esters is 1. The minimum atomic E-state index is -0.472. The van der Waals surface area contributed by atoms with Crippen molar-refractivity contribution < 1.29 is 9.53 Å². The Bertz CT molecular complexity index is 584. The second-order valence-electron chi connectivity index (χ2n) is 5.09. The molecule has 0 aliphatic rings. The number of rotatable bonds is 2. The van der Waals surface area contributed by atoms with Crippen LogP contribution in [0.1, 0.15) is 20.8 Å². The maximum absolute atomic E-state index is 11.8. The zero-order valence-corrected chi connectivity index (χ0v) is 12.2. The summed E-state index contributed by atoms with van der Waals surface area (Å²) >= 11 is 3.41. The average Bonchev–Trinajstić information content (AvgIpc) is 2.58. The van der Waals surface area contributed by atoms with Gasteiger partial charge in [0.05, 0.1) is 11.7 Å². The summed E-state index contributed by atoms with van der Waals surface area (Å²) in [7, 11) is 0. The molecule has 0 spiro atoms. The average molecular weight is 311 g/mol. The van der Waals surface area contributed by atoms with Crippen LogP contribution in [-0.4, -0.2) is 21.4 Å². The van der Waals surface area contributed by atoms with E-state index in [9.17, 15) is 4.79 Å². The van der Waals surface area contributed by atoms with E-state index < -0.39 is 5.60 Å². The fraction of sp³-hybridized carbons (Fsp3) is 0.385. The van der Waals surface area contributed by atoms with Crippen molar-refractivity contribution in [3.05, 3.63) is 28.9 Å². The number of aromatic nitrogens is 2. The maximum atomic E-state index is 11.8. The summed E-state index contributed by atoms with van der Waals surface area (Å²) in [4.78, 5) is 11.8. The van der Waals surface area contributed by atoms with Gasteiger partial charge in [0.15, 0.2) is 0 Å². The Labute approximate surface area is 114 Å². The fourth-order valence-corrected chi connectivity index (χ4v) is 2.01. The SMILES string of the molecule is CC(C)(C)OC(=O)Cn1ncc2ccc(Br)cc21. The molecule has 0 saturated heterocycles. The Morgan fingerprint density at radius 1 is 1.44 bits per heavy atom. The van der Waals surface area contributed by atoms with Crippen molar-refractivity contribution >= 4 is 32.8 Å². The molecule has 0 aliphatic carbocycles. The lowest BCUT2D eigenvalue weighted by molar-refractivity contribution is -0.155. The fourth-order valence-electron chi connectivity index (χ4n) is 1.67. The van der Waals surface area contributed by atoms with Gasteiger partial charge in [0, 0.05) is 9.86 Å². The van der Waals surface area contributed by atoms with E-state index in [2.05, 4.69) is 21.0 Å². The van der Waals surface area contributed by atoms with Gasteiger partial charge in [-0.15, -0.1) is 0 Å². The molecule has 18 heavy (non-hydrogen) atoms. The number of hydrogen-bond acceptors (Lipinski definition) is 3. The first kappa shape index (κ1) is 13.1. The molecule has 1 aromatic heterocycles. The highest BCUT2D eigenvalue weighted by atomic mass is 79.9. The predicted molar refractivity (Wildman–Crippen MR) is 73.3 cm³/mol. The van der Waals surface area contributed by atoms with E-state index in [1.165, 1.54) is 0 Å². The lowest BCUT2D eigenvalue weighted by Gasteiger charge is -2.19. The van der Waals surface area contributed by atoms with Crippen LogP contribution in [0.15, 0.2) is 28.9 Å². The summed E-state index contributed by atoms with van der Waals surface area (Å²) in [5.41, 5.74) is 0.441. The molecule has 96 valence electrons. The number of benzene rings is 1. The highest BCUT2D eigenvalue weighted by Crippen LogP contribution is 2.19. The van der Waals surface area contributed by atoms with Gasteiger partial charge in [-0.2, -0.15) is 5.10 Å². The van der Waals surface area contributed by atoms with E-state index >= 15 is 0 Å². The molecule has 1 heterocycles. The summed E-state index contributed by atoms with van der Waals surface area (Å²) in [6.07, 6.45) is 1.74. The number of hydrogen-bond donors (Lipinski definition) is 0. The highest BCUT2D eigenvalue weighted by molar-refractivity contribution is 9.10. The van der Waals surface area contributed by atoms with Crippen molar-refractivity contribution in [3.63, 3.8) is 0 Å². The summed E-state index contributed by atoms with van der Waals surface area (Å²) < 4.78 is 7.88. The standard InChI is InChI=1S/C13H15BrN2O2/c1-13(2,3)18-12(17)8-16-11-6-10(14)5-4-9(11)7-15-16/h4-7H,8H2,1-3H3. The molecule has 5 heteroatoms. The summed E-state index contributed by atoms with van der Waals surface area (Å²) in [6.45, 7) is 5.67. The van der Waals surface area contributed by atoms with Crippen molar-refractivity contribution in [2.75, 3.05) is 0 Å². The first-order chi connectivity index (χ1) is 8.35. The van der Waals surface area contributed by atoms with Crippen LogP contribution in [0.25, 0.3) is 10.9 Å². The van der Waals surface area contributed by atoms with Crippen LogP contribution in [0.2, 0.25) is 0 Å². The zero-order chi connectivity index (χ0) is 13.3. The molecular formula is C13H15BrN2O2. The Morgan fingerprint density at radius 2 is 2.17 bits per heavy atom. The molecule has 0 radical (unpaired) electrons. The van der Waals surface area contributed by atoms with Gasteiger partial charge < -0.3 is 4.74 Å². The van der Waals surface area contributed by atoms with E-state index in [4.69, 9.17) is 4.74 Å². The minimum absolute atomic E-state index is 0.122. The number of ether oxygens (including phenoxy) is 1. The molecule has 2 rings (SSSR count). The highest BCUT2D eigenvalue weighted by Gasteiger charge is 2.17. The Kier molecular flexibility index (Phi) is 3.43. The monoisotopic (exact) mass is 310 g/mol. The van der Waals surface area contributed by atoms with Crippen molar-refractivity contribution in [1.29, 1.82) is 0 Å². The van der Waals surface area contributed by atoms with Crippen molar-refractivity contribution in [2.45, 2.75) is 32.9 Å². The van der Waals surface area contributed by atoms with Crippen LogP contribution < -0.4 is 0 Å². The Hall–Kier alpha value is -1.36. The molecule has 0 aliphatic heterocycles. The third-order valence-corrected chi connectivity index (χ3v) is 2.80. The molecule has 0 atom stereocenters. The van der Waals surface area contributed by atoms with Gasteiger partial charge in [-0.3, -0.25) is 9.48 Å². The second-order valence-corrected chi connectivity index (χ2v) is 6.01. The third-order valence-electron chi connectivity index (χ3n) is 2.31. The van der Waals surface area contributed by atoms with Crippen LogP contribution in [0.3, 0.4) is 0 Å². The maximum Gasteiger partial charge on any atom is 0.328 e. The molecule has 0 bridgehead atoms. The quantitative estimate of drug-likeness (QED) is 0.800. The first-order valence-corrected chi connectivity index (χ1v) is 6.47. The first-order valence-electron chi connectivity index (χ1n) is 5.68. The van der Waals surface area contributed by atoms with Gasteiger partial charge in [-0.05, 0) is 32.9 Å². The molecular weight excluding hydrogens is 296 g/mol. The third kappa shape index (κ3) is 3.10. The van der Waals surface area contributed by atoms with Gasteiger partial charge in [0.2, 0.25) is 0 Å². The van der Waals surface area contributed by atoms with E-state index in [0.29, 0.717) is 0 Å². The Balaban J connectivity index is 2.22. The molecule has 4 nitrogen and oxygen atoms in total. The van der Waals surface area contributed by atoms with Crippen molar-refractivity contribution in [2.24, 2.45) is 0 Å². The summed E-state index contributed by atoms with van der Waals surface area (Å²) in [5.74, 6) is -0.285. The smallest absolute Gasteiger partial charge is 0.328 e. The minimum Gasteiger partial charge on any atom is -0.459 e. The number of carbonyl (C=O) groups is 1. The van der Waals surface area contributed by atoms with Crippen LogP contribution in [0, 0.1) is 0 Å². The number of fused-ring (bicyclic) bond motifs is 1. The van der Waals surface area contributed by atoms with Crippen molar-refractivity contribution in [3.8, 4) is 0 Å². The van der Waals surface area contributed by atoms with Gasteiger partial charge in [0.25, 0.3) is 0 Å². The van der Waals surface area contributed by atoms with Gasteiger partial charge in [0.1, 0.15) is 12.1 Å². The molecule has 0 saturated carbocycles. The van der Waals surface area contributed by atoms with E-state index in [-0.39, 0.29) is 12.5 Å².